The minimum absolute atomic E-state index is 0.0910. The molecule has 7 nitrogen and oxygen atoms in total. The molecule has 0 radical (unpaired) electrons. The summed E-state index contributed by atoms with van der Waals surface area (Å²) in [6.07, 6.45) is 0. The van der Waals surface area contributed by atoms with Crippen LogP contribution in [0, 0.1) is 5.82 Å². The molecule has 1 amide bonds. The SMILES string of the molecule is O=C(COc1cccc(F)c1)Nc1cccc(S(=O)(=O)N2CCOCC2)c1. The first-order valence-corrected chi connectivity index (χ1v) is 9.75. The molecule has 1 saturated heterocycles. The lowest BCUT2D eigenvalue weighted by atomic mass is 10.3. The maximum Gasteiger partial charge on any atom is 0.262 e. The Balaban J connectivity index is 1.64. The molecule has 9 heteroatoms. The molecule has 144 valence electrons. The zero-order chi connectivity index (χ0) is 19.3. The van der Waals surface area contributed by atoms with Gasteiger partial charge in [0.2, 0.25) is 10.0 Å². The van der Waals surface area contributed by atoms with Crippen molar-refractivity contribution >= 4 is 21.6 Å². The van der Waals surface area contributed by atoms with E-state index in [-0.39, 0.29) is 17.3 Å². The van der Waals surface area contributed by atoms with Crippen molar-refractivity contribution in [3.63, 3.8) is 0 Å². The van der Waals surface area contributed by atoms with Gasteiger partial charge in [-0.1, -0.05) is 12.1 Å². The van der Waals surface area contributed by atoms with Gasteiger partial charge in [0.25, 0.3) is 5.91 Å². The van der Waals surface area contributed by atoms with Crippen molar-refractivity contribution in [2.75, 3.05) is 38.2 Å². The lowest BCUT2D eigenvalue weighted by molar-refractivity contribution is -0.118. The van der Waals surface area contributed by atoms with Crippen LogP contribution >= 0.6 is 0 Å². The molecule has 1 aliphatic rings. The number of hydrogen-bond acceptors (Lipinski definition) is 5. The fraction of sp³-hybridized carbons (Fsp3) is 0.278. The smallest absolute Gasteiger partial charge is 0.262 e. The molecule has 27 heavy (non-hydrogen) atoms. The number of rotatable bonds is 6. The zero-order valence-electron chi connectivity index (χ0n) is 14.4. The van der Waals surface area contributed by atoms with Crippen LogP contribution in [0.1, 0.15) is 0 Å². The minimum atomic E-state index is -3.65. The summed E-state index contributed by atoms with van der Waals surface area (Å²) in [7, 11) is -3.65. The Bertz CT molecular complexity index is 913. The molecule has 1 aliphatic heterocycles. The molecule has 0 atom stereocenters. The summed E-state index contributed by atoms with van der Waals surface area (Å²) in [5, 5.41) is 2.58. The molecule has 0 bridgehead atoms. The highest BCUT2D eigenvalue weighted by atomic mass is 32.2. The number of carbonyl (C=O) groups is 1. The molecular formula is C18H19FN2O5S. The topological polar surface area (TPSA) is 84.9 Å². The summed E-state index contributed by atoms with van der Waals surface area (Å²) < 4.78 is 50.2. The lowest BCUT2D eigenvalue weighted by Gasteiger charge is -2.26. The third-order valence-electron chi connectivity index (χ3n) is 3.89. The highest BCUT2D eigenvalue weighted by Gasteiger charge is 2.26. The first kappa shape index (κ1) is 19.3. The summed E-state index contributed by atoms with van der Waals surface area (Å²) in [4.78, 5) is 12.1. The molecule has 0 aromatic heterocycles. The first-order chi connectivity index (χ1) is 12.9. The number of nitrogens with one attached hydrogen (secondary N) is 1. The van der Waals surface area contributed by atoms with Crippen LogP contribution in [0.25, 0.3) is 0 Å². The normalized spacial score (nSPS) is 15.3. The molecule has 1 N–H and O–H groups in total. The number of hydrogen-bond donors (Lipinski definition) is 1. The molecule has 0 unspecified atom stereocenters. The first-order valence-electron chi connectivity index (χ1n) is 8.31. The maximum absolute atomic E-state index is 13.1. The molecule has 3 rings (SSSR count). The van der Waals surface area contributed by atoms with E-state index < -0.39 is 21.7 Å². The molecular weight excluding hydrogens is 375 g/mol. The van der Waals surface area contributed by atoms with Crippen LogP contribution in [0.3, 0.4) is 0 Å². The highest BCUT2D eigenvalue weighted by molar-refractivity contribution is 7.89. The van der Waals surface area contributed by atoms with Crippen molar-refractivity contribution in [1.82, 2.24) is 4.31 Å². The molecule has 2 aromatic rings. The van der Waals surface area contributed by atoms with Gasteiger partial charge in [0.15, 0.2) is 6.61 Å². The quantitative estimate of drug-likeness (QED) is 0.809. The van der Waals surface area contributed by atoms with Crippen LogP contribution in [0.4, 0.5) is 10.1 Å². The third-order valence-corrected chi connectivity index (χ3v) is 5.79. The van der Waals surface area contributed by atoms with Crippen molar-refractivity contribution in [3.05, 3.63) is 54.3 Å². The predicted molar refractivity (Wildman–Crippen MR) is 96.5 cm³/mol. The number of ether oxygens (including phenoxy) is 2. The minimum Gasteiger partial charge on any atom is -0.484 e. The van der Waals surface area contributed by atoms with E-state index >= 15 is 0 Å². The van der Waals surface area contributed by atoms with Crippen molar-refractivity contribution in [2.24, 2.45) is 0 Å². The monoisotopic (exact) mass is 394 g/mol. The number of amides is 1. The summed E-state index contributed by atoms with van der Waals surface area (Å²) in [6.45, 7) is 0.963. The molecule has 0 spiro atoms. The average molecular weight is 394 g/mol. The number of carbonyl (C=O) groups excluding carboxylic acids is 1. The van der Waals surface area contributed by atoms with Gasteiger partial charge >= 0.3 is 0 Å². The third kappa shape index (κ3) is 5.03. The Hall–Kier alpha value is -2.49. The van der Waals surface area contributed by atoms with Gasteiger partial charge in [0.05, 0.1) is 18.1 Å². The summed E-state index contributed by atoms with van der Waals surface area (Å²) in [5.74, 6) is -0.720. The number of sulfonamides is 1. The molecule has 0 saturated carbocycles. The molecule has 2 aromatic carbocycles. The number of benzene rings is 2. The standard InChI is InChI=1S/C18H19FN2O5S/c19-14-3-1-5-16(11-14)26-13-18(22)20-15-4-2-6-17(12-15)27(23,24)21-7-9-25-10-8-21/h1-6,11-12H,7-10,13H2,(H,20,22). The summed E-state index contributed by atoms with van der Waals surface area (Å²) in [5.41, 5.74) is 0.331. The van der Waals surface area contributed by atoms with Crippen molar-refractivity contribution < 1.29 is 27.1 Å². The van der Waals surface area contributed by atoms with E-state index in [2.05, 4.69) is 5.32 Å². The lowest BCUT2D eigenvalue weighted by Crippen LogP contribution is -2.40. The van der Waals surface area contributed by atoms with E-state index in [0.29, 0.717) is 32.0 Å². The van der Waals surface area contributed by atoms with Crippen LogP contribution < -0.4 is 10.1 Å². The number of morpholine rings is 1. The second kappa shape index (κ2) is 8.47. The number of nitrogens with zero attached hydrogens (tertiary/aromatic N) is 1. The van der Waals surface area contributed by atoms with Crippen LogP contribution in [-0.4, -0.2) is 51.5 Å². The van der Waals surface area contributed by atoms with E-state index in [4.69, 9.17) is 9.47 Å². The largest absolute Gasteiger partial charge is 0.484 e. The van der Waals surface area contributed by atoms with Gasteiger partial charge in [-0.05, 0) is 30.3 Å². The Morgan fingerprint density at radius 2 is 1.89 bits per heavy atom. The predicted octanol–water partition coefficient (Wildman–Crippen LogP) is 1.86. The van der Waals surface area contributed by atoms with Crippen LogP contribution in [-0.2, 0) is 19.6 Å². The Morgan fingerprint density at radius 3 is 2.63 bits per heavy atom. The van der Waals surface area contributed by atoms with Crippen LogP contribution in [0.5, 0.6) is 5.75 Å². The highest BCUT2D eigenvalue weighted by Crippen LogP contribution is 2.20. The van der Waals surface area contributed by atoms with Crippen molar-refractivity contribution in [3.8, 4) is 5.75 Å². The Morgan fingerprint density at radius 1 is 1.15 bits per heavy atom. The number of halogens is 1. The van der Waals surface area contributed by atoms with Crippen LogP contribution in [0.15, 0.2) is 53.4 Å². The molecule has 0 aliphatic carbocycles. The molecule has 1 fully saturated rings. The van der Waals surface area contributed by atoms with Crippen molar-refractivity contribution in [1.29, 1.82) is 0 Å². The fourth-order valence-electron chi connectivity index (χ4n) is 2.57. The fourth-order valence-corrected chi connectivity index (χ4v) is 4.03. The maximum atomic E-state index is 13.1. The van der Waals surface area contributed by atoms with Gasteiger partial charge < -0.3 is 14.8 Å². The van der Waals surface area contributed by atoms with E-state index in [1.54, 1.807) is 12.1 Å². The average Bonchev–Trinajstić information content (AvgIpc) is 2.67. The van der Waals surface area contributed by atoms with Gasteiger partial charge in [0, 0.05) is 24.8 Å². The summed E-state index contributed by atoms with van der Waals surface area (Å²) in [6, 6.07) is 11.5. The second-order valence-electron chi connectivity index (χ2n) is 5.84. The Kier molecular flexibility index (Phi) is 6.04. The van der Waals surface area contributed by atoms with E-state index in [1.165, 1.54) is 40.7 Å². The van der Waals surface area contributed by atoms with Gasteiger partial charge in [0.1, 0.15) is 11.6 Å². The Labute approximate surface area is 156 Å². The van der Waals surface area contributed by atoms with Gasteiger partial charge in [-0.3, -0.25) is 4.79 Å². The number of anilines is 1. The van der Waals surface area contributed by atoms with Gasteiger partial charge in [-0.15, -0.1) is 0 Å². The zero-order valence-corrected chi connectivity index (χ0v) is 15.2. The van der Waals surface area contributed by atoms with Gasteiger partial charge in [-0.25, -0.2) is 12.8 Å². The van der Waals surface area contributed by atoms with Crippen LogP contribution in [0.2, 0.25) is 0 Å². The van der Waals surface area contributed by atoms with Crippen molar-refractivity contribution in [2.45, 2.75) is 4.90 Å². The summed E-state index contributed by atoms with van der Waals surface area (Å²) >= 11 is 0. The van der Waals surface area contributed by atoms with Gasteiger partial charge in [-0.2, -0.15) is 4.31 Å². The second-order valence-corrected chi connectivity index (χ2v) is 7.78. The van der Waals surface area contributed by atoms with E-state index in [9.17, 15) is 17.6 Å². The molecule has 1 heterocycles. The van der Waals surface area contributed by atoms with E-state index in [1.807, 2.05) is 0 Å². The van der Waals surface area contributed by atoms with E-state index in [0.717, 1.165) is 0 Å².